The Hall–Kier alpha value is -4.17. The van der Waals surface area contributed by atoms with Crippen molar-refractivity contribution in [3.63, 3.8) is 0 Å². The number of hydrogen-bond acceptors (Lipinski definition) is 6. The molecule has 0 unspecified atom stereocenters. The topological polar surface area (TPSA) is 102 Å². The van der Waals surface area contributed by atoms with Gasteiger partial charge < -0.3 is 14.8 Å². The van der Waals surface area contributed by atoms with Crippen LogP contribution >= 0.6 is 11.6 Å². The van der Waals surface area contributed by atoms with Gasteiger partial charge in [-0.25, -0.2) is 9.69 Å². The van der Waals surface area contributed by atoms with E-state index in [4.69, 9.17) is 21.1 Å². The fraction of sp³-hybridized carbons (Fsp3) is 0.120. The predicted molar refractivity (Wildman–Crippen MR) is 124 cm³/mol. The van der Waals surface area contributed by atoms with Gasteiger partial charge >= 0.3 is 5.97 Å². The largest absolute Gasteiger partial charge is 0.497 e. The molecule has 0 aromatic heterocycles. The molecule has 1 heterocycles. The number of nitrogens with one attached hydrogen (secondary N) is 1. The van der Waals surface area contributed by atoms with Gasteiger partial charge in [0, 0.05) is 6.54 Å². The van der Waals surface area contributed by atoms with E-state index in [2.05, 4.69) is 5.32 Å². The van der Waals surface area contributed by atoms with Crippen LogP contribution in [0.15, 0.2) is 66.7 Å². The van der Waals surface area contributed by atoms with Gasteiger partial charge in [-0.15, -0.1) is 0 Å². The van der Waals surface area contributed by atoms with Crippen LogP contribution in [0.5, 0.6) is 5.75 Å². The maximum atomic E-state index is 12.9. The van der Waals surface area contributed by atoms with E-state index in [1.807, 2.05) is 6.07 Å². The number of benzene rings is 3. The third-order valence-corrected chi connectivity index (χ3v) is 5.49. The van der Waals surface area contributed by atoms with Crippen molar-refractivity contribution in [3.05, 3.63) is 94.0 Å². The zero-order valence-corrected chi connectivity index (χ0v) is 18.8. The third-order valence-electron chi connectivity index (χ3n) is 5.17. The first-order chi connectivity index (χ1) is 16.4. The van der Waals surface area contributed by atoms with Crippen molar-refractivity contribution < 1.29 is 28.7 Å². The van der Waals surface area contributed by atoms with E-state index < -0.39 is 30.3 Å². The van der Waals surface area contributed by atoms with E-state index in [1.165, 1.54) is 18.2 Å². The van der Waals surface area contributed by atoms with Crippen molar-refractivity contribution in [2.45, 2.75) is 6.54 Å². The number of halogens is 1. The van der Waals surface area contributed by atoms with E-state index in [-0.39, 0.29) is 33.9 Å². The molecule has 9 heteroatoms. The average Bonchev–Trinajstić information content (AvgIpc) is 3.10. The Morgan fingerprint density at radius 2 is 1.71 bits per heavy atom. The first-order valence-electron chi connectivity index (χ1n) is 10.2. The Morgan fingerprint density at radius 1 is 0.941 bits per heavy atom. The lowest BCUT2D eigenvalue weighted by atomic mass is 10.1. The number of methoxy groups -OCH3 is 1. The minimum atomic E-state index is -0.796. The Balaban J connectivity index is 1.39. The van der Waals surface area contributed by atoms with Gasteiger partial charge in [0.2, 0.25) is 0 Å². The fourth-order valence-corrected chi connectivity index (χ4v) is 3.69. The molecular formula is C25H19ClN2O6. The molecule has 8 nitrogen and oxygen atoms in total. The standard InChI is InChI=1S/C25H19ClN2O6/c1-33-17-6-4-5-15(11-17)13-27-22(29)14-34-25(32)16-9-10-18-19(12-16)24(31)28(23(18)30)21-8-3-2-7-20(21)26/h2-12H,13-14H2,1H3,(H,27,29). The van der Waals surface area contributed by atoms with Gasteiger partial charge in [0.05, 0.1) is 34.5 Å². The monoisotopic (exact) mass is 478 g/mol. The van der Waals surface area contributed by atoms with Crippen LogP contribution in [0.4, 0.5) is 5.69 Å². The third kappa shape index (κ3) is 4.62. The number of rotatable bonds is 7. The number of carbonyl (C=O) groups is 4. The van der Waals surface area contributed by atoms with E-state index in [1.54, 1.807) is 49.6 Å². The fourth-order valence-electron chi connectivity index (χ4n) is 3.47. The Bertz CT molecular complexity index is 1310. The minimum Gasteiger partial charge on any atom is -0.497 e. The first-order valence-corrected chi connectivity index (χ1v) is 10.6. The van der Waals surface area contributed by atoms with E-state index in [0.717, 1.165) is 10.5 Å². The molecule has 0 radical (unpaired) electrons. The molecule has 0 saturated carbocycles. The SMILES string of the molecule is COc1cccc(CNC(=O)COC(=O)c2ccc3c(c2)C(=O)N(c2ccccc2Cl)C3=O)c1. The maximum absolute atomic E-state index is 12.9. The molecule has 0 fully saturated rings. The summed E-state index contributed by atoms with van der Waals surface area (Å²) in [6.45, 7) is -0.264. The van der Waals surface area contributed by atoms with E-state index in [0.29, 0.717) is 5.75 Å². The van der Waals surface area contributed by atoms with Gasteiger partial charge in [-0.3, -0.25) is 14.4 Å². The summed E-state index contributed by atoms with van der Waals surface area (Å²) in [6, 6.07) is 17.7. The van der Waals surface area contributed by atoms with Crippen molar-refractivity contribution >= 4 is 41.0 Å². The normalized spacial score (nSPS) is 12.4. The highest BCUT2D eigenvalue weighted by Gasteiger charge is 2.38. The number of esters is 1. The zero-order valence-electron chi connectivity index (χ0n) is 18.0. The first kappa shape index (κ1) is 23.0. The molecule has 172 valence electrons. The molecule has 3 amide bonds. The smallest absolute Gasteiger partial charge is 0.338 e. The molecule has 0 atom stereocenters. The molecule has 1 aliphatic rings. The van der Waals surface area contributed by atoms with Crippen LogP contribution in [0.3, 0.4) is 0 Å². The van der Waals surface area contributed by atoms with Crippen LogP contribution in [0.1, 0.15) is 36.6 Å². The number of fused-ring (bicyclic) bond motifs is 1. The molecule has 3 aromatic carbocycles. The maximum Gasteiger partial charge on any atom is 0.338 e. The van der Waals surface area contributed by atoms with Crippen LogP contribution < -0.4 is 15.0 Å². The van der Waals surface area contributed by atoms with Gasteiger partial charge in [-0.05, 0) is 48.0 Å². The van der Waals surface area contributed by atoms with Gasteiger partial charge in [0.25, 0.3) is 17.7 Å². The van der Waals surface area contributed by atoms with Gasteiger partial charge in [0.1, 0.15) is 5.75 Å². The highest BCUT2D eigenvalue weighted by Crippen LogP contribution is 2.33. The Morgan fingerprint density at radius 3 is 2.47 bits per heavy atom. The molecule has 1 aliphatic heterocycles. The predicted octanol–water partition coefficient (Wildman–Crippen LogP) is 3.62. The number of nitrogens with zero attached hydrogens (tertiary/aromatic N) is 1. The molecule has 0 bridgehead atoms. The van der Waals surface area contributed by atoms with Crippen molar-refractivity contribution in [1.29, 1.82) is 0 Å². The summed E-state index contributed by atoms with van der Waals surface area (Å²) in [5.41, 5.74) is 1.33. The summed E-state index contributed by atoms with van der Waals surface area (Å²) in [5.74, 6) is -1.76. The second-order valence-corrected chi connectivity index (χ2v) is 7.77. The summed E-state index contributed by atoms with van der Waals surface area (Å²) in [4.78, 5) is 51.1. The molecule has 34 heavy (non-hydrogen) atoms. The molecule has 1 N–H and O–H groups in total. The number of imide groups is 1. The van der Waals surface area contributed by atoms with E-state index in [9.17, 15) is 19.2 Å². The summed E-state index contributed by atoms with van der Waals surface area (Å²) in [5, 5.41) is 2.90. The summed E-state index contributed by atoms with van der Waals surface area (Å²) in [6.07, 6.45) is 0. The quantitative estimate of drug-likeness (QED) is 0.411. The van der Waals surface area contributed by atoms with Gasteiger partial charge in [-0.1, -0.05) is 35.9 Å². The van der Waals surface area contributed by atoms with Crippen LogP contribution in [0, 0.1) is 0 Å². The van der Waals surface area contributed by atoms with Crippen molar-refractivity contribution in [2.24, 2.45) is 0 Å². The summed E-state index contributed by atoms with van der Waals surface area (Å²) in [7, 11) is 1.55. The molecule has 3 aromatic rings. The molecular weight excluding hydrogens is 460 g/mol. The van der Waals surface area contributed by atoms with Gasteiger partial charge in [-0.2, -0.15) is 0 Å². The lowest BCUT2D eigenvalue weighted by molar-refractivity contribution is -0.124. The number of amides is 3. The number of para-hydroxylation sites is 1. The number of ether oxygens (including phenoxy) is 2. The van der Waals surface area contributed by atoms with Crippen LogP contribution in [0.2, 0.25) is 5.02 Å². The Kier molecular flexibility index (Phi) is 6.60. The highest BCUT2D eigenvalue weighted by atomic mass is 35.5. The highest BCUT2D eigenvalue weighted by molar-refractivity contribution is 6.39. The molecule has 0 aliphatic carbocycles. The van der Waals surface area contributed by atoms with Crippen LogP contribution in [-0.4, -0.2) is 37.4 Å². The number of hydrogen-bond donors (Lipinski definition) is 1. The van der Waals surface area contributed by atoms with Crippen molar-refractivity contribution in [3.8, 4) is 5.75 Å². The molecule has 0 spiro atoms. The lowest BCUT2D eigenvalue weighted by Crippen LogP contribution is -2.29. The second kappa shape index (κ2) is 9.76. The van der Waals surface area contributed by atoms with Crippen molar-refractivity contribution in [2.75, 3.05) is 18.6 Å². The molecule has 0 saturated heterocycles. The number of anilines is 1. The summed E-state index contributed by atoms with van der Waals surface area (Å²) >= 11 is 6.15. The lowest BCUT2D eigenvalue weighted by Gasteiger charge is -2.15. The van der Waals surface area contributed by atoms with Crippen molar-refractivity contribution in [1.82, 2.24) is 5.32 Å². The Labute approximate surface area is 200 Å². The number of carbonyl (C=O) groups excluding carboxylic acids is 4. The summed E-state index contributed by atoms with van der Waals surface area (Å²) < 4.78 is 10.2. The van der Waals surface area contributed by atoms with Gasteiger partial charge in [0.15, 0.2) is 6.61 Å². The molecule has 4 rings (SSSR count). The second-order valence-electron chi connectivity index (χ2n) is 7.36. The minimum absolute atomic E-state index is 0.0431. The average molecular weight is 479 g/mol. The van der Waals surface area contributed by atoms with Crippen LogP contribution in [0.25, 0.3) is 0 Å². The zero-order chi connectivity index (χ0) is 24.2. The van der Waals surface area contributed by atoms with Crippen LogP contribution in [-0.2, 0) is 16.1 Å². The van der Waals surface area contributed by atoms with E-state index >= 15 is 0 Å².